The lowest BCUT2D eigenvalue weighted by molar-refractivity contribution is -0.150. The van der Waals surface area contributed by atoms with E-state index in [9.17, 15) is 0 Å². The summed E-state index contributed by atoms with van der Waals surface area (Å²) in [6.07, 6.45) is 3.24. The highest BCUT2D eigenvalue weighted by atomic mass is 35.5. The Kier molecular flexibility index (Phi) is 3.54. The number of halogens is 2. The first kappa shape index (κ1) is 15.3. The zero-order valence-electron chi connectivity index (χ0n) is 12.9. The molecule has 1 aromatic carbocycles. The number of rotatable bonds is 1. The third-order valence-electron chi connectivity index (χ3n) is 5.33. The van der Waals surface area contributed by atoms with Crippen LogP contribution >= 0.6 is 34.5 Å². The summed E-state index contributed by atoms with van der Waals surface area (Å²) in [4.78, 5) is 17.7. The van der Waals surface area contributed by atoms with Crippen LogP contribution in [0.1, 0.15) is 19.3 Å². The fourth-order valence-electron chi connectivity index (χ4n) is 4.11. The number of hydrogen-bond donors (Lipinski definition) is 1. The fraction of sp³-hybridized carbons (Fsp3) is 0.500. The fourth-order valence-corrected chi connectivity index (χ4v) is 5.50. The zero-order valence-corrected chi connectivity index (χ0v) is 15.2. The quantitative estimate of drug-likeness (QED) is 0.808. The van der Waals surface area contributed by atoms with E-state index in [1.807, 2.05) is 6.07 Å². The van der Waals surface area contributed by atoms with Gasteiger partial charge in [-0.2, -0.15) is 0 Å². The van der Waals surface area contributed by atoms with Gasteiger partial charge in [0.25, 0.3) is 0 Å². The van der Waals surface area contributed by atoms with E-state index in [4.69, 9.17) is 28.0 Å². The third kappa shape index (κ3) is 2.35. The number of nitrogens with one attached hydrogen (secondary N) is 1. The van der Waals surface area contributed by atoms with Crippen molar-refractivity contribution in [3.63, 3.8) is 0 Å². The SMILES string of the molecule is Clc1ccc2nc(N=C3C[C@@]4(CN5CCC4CC5)ON3)sc2c1Cl. The van der Waals surface area contributed by atoms with Crippen LogP contribution in [0.3, 0.4) is 0 Å². The van der Waals surface area contributed by atoms with E-state index >= 15 is 0 Å². The van der Waals surface area contributed by atoms with E-state index in [1.165, 1.54) is 37.3 Å². The van der Waals surface area contributed by atoms with Crippen molar-refractivity contribution in [1.82, 2.24) is 15.4 Å². The second-order valence-corrected chi connectivity index (χ2v) is 8.52. The third-order valence-corrected chi connectivity index (χ3v) is 7.23. The molecule has 8 heteroatoms. The van der Waals surface area contributed by atoms with Gasteiger partial charge in [-0.3, -0.25) is 10.3 Å². The minimum absolute atomic E-state index is 0.118. The van der Waals surface area contributed by atoms with Gasteiger partial charge >= 0.3 is 0 Å². The van der Waals surface area contributed by atoms with Crippen LogP contribution in [0.25, 0.3) is 10.2 Å². The summed E-state index contributed by atoms with van der Waals surface area (Å²) in [7, 11) is 0. The van der Waals surface area contributed by atoms with Gasteiger partial charge in [0.1, 0.15) is 11.4 Å². The molecule has 5 heterocycles. The van der Waals surface area contributed by atoms with E-state index in [1.54, 1.807) is 6.07 Å². The number of benzene rings is 1. The zero-order chi connectivity index (χ0) is 16.3. The number of amidine groups is 1. The first-order valence-corrected chi connectivity index (χ1v) is 9.69. The van der Waals surface area contributed by atoms with E-state index < -0.39 is 0 Å². The van der Waals surface area contributed by atoms with Gasteiger partial charge in [0.05, 0.1) is 20.3 Å². The first-order valence-electron chi connectivity index (χ1n) is 8.11. The van der Waals surface area contributed by atoms with Gasteiger partial charge in [0.2, 0.25) is 5.13 Å². The summed E-state index contributed by atoms with van der Waals surface area (Å²) >= 11 is 13.8. The van der Waals surface area contributed by atoms with E-state index in [-0.39, 0.29) is 5.60 Å². The molecule has 4 aliphatic rings. The predicted octanol–water partition coefficient (Wildman–Crippen LogP) is 4.02. The van der Waals surface area contributed by atoms with Crippen LogP contribution in [0.15, 0.2) is 17.1 Å². The molecule has 126 valence electrons. The Bertz CT molecular complexity index is 846. The number of thiazole rings is 1. The van der Waals surface area contributed by atoms with Crippen LogP contribution in [0.4, 0.5) is 5.13 Å². The molecule has 0 amide bonds. The summed E-state index contributed by atoms with van der Waals surface area (Å²) in [5, 5.41) is 1.77. The van der Waals surface area contributed by atoms with Crippen molar-refractivity contribution in [3.8, 4) is 0 Å². The Hall–Kier alpha value is -0.920. The highest BCUT2D eigenvalue weighted by Gasteiger charge is 2.52. The standard InChI is InChI=1S/C16H16Cl2N4OS/c17-10-1-2-11-14(13(10)18)24-15(19-11)20-12-7-16(23-21-12)8-22-5-3-9(16)4-6-22/h1-2,9H,3-8H2,(H,19,20,21)/t16-/m0/s1. The number of hydrogen-bond acceptors (Lipinski definition) is 5. The van der Waals surface area contributed by atoms with E-state index in [2.05, 4.69) is 20.4 Å². The molecule has 0 aliphatic carbocycles. The lowest BCUT2D eigenvalue weighted by Gasteiger charge is -2.49. The normalized spacial score (nSPS) is 33.7. The van der Waals surface area contributed by atoms with Crippen LogP contribution in [0, 0.1) is 5.92 Å². The van der Waals surface area contributed by atoms with E-state index in [0.29, 0.717) is 21.1 Å². The van der Waals surface area contributed by atoms with Crippen molar-refractivity contribution >= 4 is 55.7 Å². The van der Waals surface area contributed by atoms with Gasteiger partial charge in [-0.25, -0.2) is 9.98 Å². The minimum Gasteiger partial charge on any atom is -0.300 e. The first-order chi connectivity index (χ1) is 11.6. The predicted molar refractivity (Wildman–Crippen MR) is 97.5 cm³/mol. The minimum atomic E-state index is -0.118. The summed E-state index contributed by atoms with van der Waals surface area (Å²) < 4.78 is 0.875. The highest BCUT2D eigenvalue weighted by molar-refractivity contribution is 7.22. The Morgan fingerprint density at radius 3 is 2.92 bits per heavy atom. The van der Waals surface area contributed by atoms with Gasteiger partial charge in [-0.1, -0.05) is 34.5 Å². The topological polar surface area (TPSA) is 49.8 Å². The Labute approximate surface area is 153 Å². The molecule has 5 nitrogen and oxygen atoms in total. The van der Waals surface area contributed by atoms with Crippen molar-refractivity contribution in [1.29, 1.82) is 0 Å². The maximum atomic E-state index is 6.26. The summed E-state index contributed by atoms with van der Waals surface area (Å²) in [5.41, 5.74) is 3.76. The summed E-state index contributed by atoms with van der Waals surface area (Å²) in [6, 6.07) is 3.64. The second kappa shape index (κ2) is 5.54. The number of aliphatic imine (C=N–C) groups is 1. The van der Waals surface area contributed by atoms with Crippen molar-refractivity contribution in [2.24, 2.45) is 10.9 Å². The van der Waals surface area contributed by atoms with Crippen molar-refractivity contribution < 1.29 is 4.84 Å². The van der Waals surface area contributed by atoms with E-state index in [0.717, 1.165) is 29.0 Å². The van der Waals surface area contributed by atoms with Crippen LogP contribution < -0.4 is 5.48 Å². The van der Waals surface area contributed by atoms with Gasteiger partial charge in [-0.05, 0) is 44.0 Å². The molecule has 1 spiro atoms. The van der Waals surface area contributed by atoms with Gasteiger partial charge in [0, 0.05) is 13.0 Å². The number of fused-ring (bicyclic) bond motifs is 3. The molecule has 0 unspecified atom stereocenters. The number of hydroxylamine groups is 1. The molecule has 1 N–H and O–H groups in total. The molecule has 1 aromatic heterocycles. The average molecular weight is 383 g/mol. The molecular weight excluding hydrogens is 367 g/mol. The molecule has 0 radical (unpaired) electrons. The number of aromatic nitrogens is 1. The number of nitrogens with zero attached hydrogens (tertiary/aromatic N) is 3. The lowest BCUT2D eigenvalue weighted by atomic mass is 9.74. The Balaban J connectivity index is 1.44. The largest absolute Gasteiger partial charge is 0.300 e. The second-order valence-electron chi connectivity index (χ2n) is 6.76. The molecule has 24 heavy (non-hydrogen) atoms. The highest BCUT2D eigenvalue weighted by Crippen LogP contribution is 2.43. The van der Waals surface area contributed by atoms with Crippen molar-refractivity contribution in [2.45, 2.75) is 24.9 Å². The molecule has 4 fully saturated rings. The molecule has 4 aliphatic heterocycles. The average Bonchev–Trinajstić information content (AvgIpc) is 3.17. The maximum Gasteiger partial charge on any atom is 0.212 e. The maximum absolute atomic E-state index is 6.26. The van der Waals surface area contributed by atoms with Crippen LogP contribution in [-0.4, -0.2) is 41.0 Å². The van der Waals surface area contributed by atoms with Crippen molar-refractivity contribution in [3.05, 3.63) is 22.2 Å². The number of piperidine rings is 3. The molecule has 2 bridgehead atoms. The van der Waals surface area contributed by atoms with Crippen LogP contribution in [0.5, 0.6) is 0 Å². The van der Waals surface area contributed by atoms with Gasteiger partial charge in [-0.15, -0.1) is 0 Å². The smallest absolute Gasteiger partial charge is 0.212 e. The van der Waals surface area contributed by atoms with Crippen molar-refractivity contribution in [2.75, 3.05) is 19.6 Å². The lowest BCUT2D eigenvalue weighted by Crippen LogP contribution is -2.59. The Morgan fingerprint density at radius 1 is 1.33 bits per heavy atom. The molecule has 6 rings (SSSR count). The van der Waals surface area contributed by atoms with Crippen LogP contribution in [-0.2, 0) is 4.84 Å². The summed E-state index contributed by atoms with van der Waals surface area (Å²) in [5.74, 6) is 1.47. The molecule has 2 aromatic rings. The molecule has 0 saturated carbocycles. The molecular formula is C16H16Cl2N4OS. The van der Waals surface area contributed by atoms with Crippen LogP contribution in [0.2, 0.25) is 10.0 Å². The molecule has 1 atom stereocenters. The molecule has 4 saturated heterocycles. The van der Waals surface area contributed by atoms with Gasteiger partial charge in [0.15, 0.2) is 0 Å². The Morgan fingerprint density at radius 2 is 2.17 bits per heavy atom. The monoisotopic (exact) mass is 382 g/mol. The summed E-state index contributed by atoms with van der Waals surface area (Å²) in [6.45, 7) is 3.38. The van der Waals surface area contributed by atoms with Gasteiger partial charge < -0.3 is 4.90 Å².